The zero-order chi connectivity index (χ0) is 22.6. The second-order valence-corrected chi connectivity index (χ2v) is 8.54. The van der Waals surface area contributed by atoms with E-state index in [0.29, 0.717) is 25.2 Å². The number of halogens is 3. The van der Waals surface area contributed by atoms with Crippen LogP contribution in [0.1, 0.15) is 45.1 Å². The van der Waals surface area contributed by atoms with Gasteiger partial charge < -0.3 is 19.2 Å². The third kappa shape index (κ3) is 6.53. The number of Topliss-reactive ketones (excluding diaryl/α,β-unsaturated/α-hetero) is 1. The largest absolute Gasteiger partial charge is 0.489 e. The lowest BCUT2D eigenvalue weighted by Gasteiger charge is -2.21. The minimum absolute atomic E-state index is 0.000305. The Hall–Kier alpha value is -2.41. The van der Waals surface area contributed by atoms with Crippen molar-refractivity contribution in [3.63, 3.8) is 0 Å². The highest BCUT2D eigenvalue weighted by Crippen LogP contribution is 2.35. The van der Waals surface area contributed by atoms with E-state index in [1.165, 1.54) is 6.20 Å². The number of carbonyl (C=O) groups excluding carboxylic acids is 1. The van der Waals surface area contributed by atoms with Gasteiger partial charge in [0.1, 0.15) is 22.7 Å². The number of alkyl halides is 2. The van der Waals surface area contributed by atoms with E-state index in [2.05, 4.69) is 4.98 Å². The zero-order valence-corrected chi connectivity index (χ0v) is 18.7. The summed E-state index contributed by atoms with van der Waals surface area (Å²) in [5, 5.41) is 0.219. The first-order valence-corrected chi connectivity index (χ1v) is 10.7. The lowest BCUT2D eigenvalue weighted by Crippen LogP contribution is -2.25. The van der Waals surface area contributed by atoms with Crippen molar-refractivity contribution >= 4 is 23.1 Å². The standard InChI is InChI=1S/C23H27ClF2N2O3/c1-15(12-16(2)29)17-4-6-18(7-5-17)31-19-9-11-28(13-19)20-8-10-27-22(21(20)24)30-14-23(3,25)26/h4-8,10,15,19H,9,11-14H2,1-3H3/t15-,19-/m1/s1. The molecule has 1 fully saturated rings. The van der Waals surface area contributed by atoms with Gasteiger partial charge in [0.2, 0.25) is 5.88 Å². The molecule has 1 aromatic carbocycles. The molecular formula is C23H27ClF2N2O3. The van der Waals surface area contributed by atoms with Crippen LogP contribution < -0.4 is 14.4 Å². The zero-order valence-electron chi connectivity index (χ0n) is 17.9. The van der Waals surface area contributed by atoms with Gasteiger partial charge in [-0.05, 0) is 36.6 Å². The molecule has 0 aliphatic carbocycles. The van der Waals surface area contributed by atoms with Crippen LogP contribution in [0.4, 0.5) is 14.5 Å². The fourth-order valence-corrected chi connectivity index (χ4v) is 3.90. The van der Waals surface area contributed by atoms with Crippen LogP contribution in [0.5, 0.6) is 11.6 Å². The maximum absolute atomic E-state index is 13.1. The van der Waals surface area contributed by atoms with E-state index < -0.39 is 12.5 Å². The predicted molar refractivity (Wildman–Crippen MR) is 117 cm³/mol. The van der Waals surface area contributed by atoms with Crippen molar-refractivity contribution in [1.29, 1.82) is 0 Å². The summed E-state index contributed by atoms with van der Waals surface area (Å²) in [6, 6.07) is 9.56. The molecular weight excluding hydrogens is 426 g/mol. The molecule has 0 unspecified atom stereocenters. The van der Waals surface area contributed by atoms with E-state index in [4.69, 9.17) is 21.1 Å². The molecule has 2 aromatic rings. The topological polar surface area (TPSA) is 51.7 Å². The molecule has 1 saturated heterocycles. The van der Waals surface area contributed by atoms with Crippen LogP contribution in [0.15, 0.2) is 36.5 Å². The summed E-state index contributed by atoms with van der Waals surface area (Å²) in [6.45, 7) is 4.95. The van der Waals surface area contributed by atoms with Crippen LogP contribution in [-0.2, 0) is 4.79 Å². The first-order chi connectivity index (χ1) is 14.6. The molecule has 1 aromatic heterocycles. The molecule has 0 saturated carbocycles. The smallest absolute Gasteiger partial charge is 0.278 e. The Morgan fingerprint density at radius 2 is 2.03 bits per heavy atom. The molecule has 0 bridgehead atoms. The molecule has 0 amide bonds. The highest BCUT2D eigenvalue weighted by molar-refractivity contribution is 6.34. The quantitative estimate of drug-likeness (QED) is 0.502. The van der Waals surface area contributed by atoms with Crippen LogP contribution in [0, 0.1) is 0 Å². The van der Waals surface area contributed by atoms with E-state index in [-0.39, 0.29) is 28.7 Å². The molecule has 168 valence electrons. The van der Waals surface area contributed by atoms with Crippen molar-refractivity contribution in [2.45, 2.75) is 51.6 Å². The van der Waals surface area contributed by atoms with E-state index in [9.17, 15) is 13.6 Å². The van der Waals surface area contributed by atoms with E-state index in [1.807, 2.05) is 36.1 Å². The summed E-state index contributed by atoms with van der Waals surface area (Å²) in [5.41, 5.74) is 1.79. The maximum Gasteiger partial charge on any atom is 0.278 e. The minimum Gasteiger partial charge on any atom is -0.489 e. The van der Waals surface area contributed by atoms with Gasteiger partial charge in [-0.15, -0.1) is 0 Å². The van der Waals surface area contributed by atoms with Crippen molar-refractivity contribution in [1.82, 2.24) is 4.98 Å². The van der Waals surface area contributed by atoms with Crippen LogP contribution >= 0.6 is 11.6 Å². The number of carbonyl (C=O) groups is 1. The van der Waals surface area contributed by atoms with Crippen molar-refractivity contribution in [3.05, 3.63) is 47.1 Å². The van der Waals surface area contributed by atoms with E-state index >= 15 is 0 Å². The van der Waals surface area contributed by atoms with Gasteiger partial charge in [-0.25, -0.2) is 13.8 Å². The summed E-state index contributed by atoms with van der Waals surface area (Å²) in [4.78, 5) is 17.3. The van der Waals surface area contributed by atoms with Gasteiger partial charge in [-0.1, -0.05) is 30.7 Å². The molecule has 2 atom stereocenters. The fraction of sp³-hybridized carbons (Fsp3) is 0.478. The molecule has 31 heavy (non-hydrogen) atoms. The Morgan fingerprint density at radius 1 is 1.32 bits per heavy atom. The van der Waals surface area contributed by atoms with Crippen molar-refractivity contribution in [3.8, 4) is 11.6 Å². The molecule has 3 rings (SSSR count). The van der Waals surface area contributed by atoms with Gasteiger partial charge in [0.15, 0.2) is 6.61 Å². The van der Waals surface area contributed by atoms with Crippen molar-refractivity contribution < 1.29 is 23.0 Å². The Kier molecular flexibility index (Phi) is 7.36. The van der Waals surface area contributed by atoms with Crippen molar-refractivity contribution in [2.24, 2.45) is 0 Å². The number of ether oxygens (including phenoxy) is 2. The van der Waals surface area contributed by atoms with Crippen molar-refractivity contribution in [2.75, 3.05) is 24.6 Å². The number of aromatic nitrogens is 1. The number of rotatable bonds is 9. The normalized spacial score (nSPS) is 17.5. The molecule has 0 spiro atoms. The number of benzene rings is 1. The highest BCUT2D eigenvalue weighted by atomic mass is 35.5. The molecule has 0 N–H and O–H groups in total. The van der Waals surface area contributed by atoms with Crippen LogP contribution in [0.2, 0.25) is 5.02 Å². The summed E-state index contributed by atoms with van der Waals surface area (Å²) < 4.78 is 37.4. The number of hydrogen-bond acceptors (Lipinski definition) is 5. The Bertz CT molecular complexity index is 903. The number of ketones is 1. The monoisotopic (exact) mass is 452 g/mol. The highest BCUT2D eigenvalue weighted by Gasteiger charge is 2.28. The minimum atomic E-state index is -2.97. The van der Waals surface area contributed by atoms with Gasteiger partial charge >= 0.3 is 0 Å². The molecule has 8 heteroatoms. The molecule has 5 nitrogen and oxygen atoms in total. The third-order valence-electron chi connectivity index (χ3n) is 5.13. The summed E-state index contributed by atoms with van der Waals surface area (Å²) in [7, 11) is 0. The SMILES string of the molecule is CC(=O)C[C@@H](C)c1ccc(O[C@@H]2CCN(c3ccnc(OCC(C)(F)F)c3Cl)C2)cc1. The Balaban J connectivity index is 1.60. The number of nitrogens with zero attached hydrogens (tertiary/aromatic N) is 2. The van der Waals surface area contributed by atoms with Gasteiger partial charge in [-0.2, -0.15) is 0 Å². The average Bonchev–Trinajstić information content (AvgIpc) is 3.14. The third-order valence-corrected chi connectivity index (χ3v) is 5.49. The predicted octanol–water partition coefficient (Wildman–Crippen LogP) is 5.51. The number of anilines is 1. The maximum atomic E-state index is 13.1. The second kappa shape index (κ2) is 9.81. The van der Waals surface area contributed by atoms with Gasteiger partial charge in [-0.3, -0.25) is 0 Å². The first-order valence-electron chi connectivity index (χ1n) is 10.3. The first kappa shape index (κ1) is 23.3. The van der Waals surface area contributed by atoms with Crippen LogP contribution in [-0.4, -0.2) is 42.5 Å². The van der Waals surface area contributed by atoms with Gasteiger partial charge in [0.25, 0.3) is 5.92 Å². The Morgan fingerprint density at radius 3 is 2.68 bits per heavy atom. The summed E-state index contributed by atoms with van der Waals surface area (Å²) in [5.74, 6) is -1.86. The average molecular weight is 453 g/mol. The van der Waals surface area contributed by atoms with E-state index in [1.54, 1.807) is 13.0 Å². The molecule has 1 aliphatic heterocycles. The lowest BCUT2D eigenvalue weighted by molar-refractivity contribution is -0.117. The molecule has 0 radical (unpaired) electrons. The van der Waals surface area contributed by atoms with Gasteiger partial charge in [0, 0.05) is 32.5 Å². The molecule has 1 aliphatic rings. The van der Waals surface area contributed by atoms with Gasteiger partial charge in [0.05, 0.1) is 12.2 Å². The van der Waals surface area contributed by atoms with Crippen LogP contribution in [0.3, 0.4) is 0 Å². The lowest BCUT2D eigenvalue weighted by atomic mass is 9.96. The number of pyridine rings is 1. The summed E-state index contributed by atoms with van der Waals surface area (Å²) in [6.07, 6.45) is 2.78. The number of hydrogen-bond donors (Lipinski definition) is 0. The second-order valence-electron chi connectivity index (χ2n) is 8.16. The van der Waals surface area contributed by atoms with Crippen LogP contribution in [0.25, 0.3) is 0 Å². The fourth-order valence-electron chi connectivity index (χ4n) is 3.61. The summed E-state index contributed by atoms with van der Waals surface area (Å²) >= 11 is 6.37. The van der Waals surface area contributed by atoms with E-state index in [0.717, 1.165) is 24.7 Å². The Labute approximate surface area is 186 Å². The molecule has 2 heterocycles.